The molecule has 0 aromatic rings. The van der Waals surface area contributed by atoms with Crippen molar-refractivity contribution in [2.75, 3.05) is 26.4 Å². The zero-order valence-corrected chi connectivity index (χ0v) is 12.9. The molecule has 1 saturated carbocycles. The Morgan fingerprint density at radius 2 is 2.21 bits per heavy atom. The monoisotopic (exact) mass is 284 g/mol. The minimum atomic E-state index is -0.125. The fourth-order valence-corrected chi connectivity index (χ4v) is 4.29. The lowest BCUT2D eigenvalue weighted by molar-refractivity contribution is -0.136. The molecule has 1 aliphatic carbocycles. The summed E-state index contributed by atoms with van der Waals surface area (Å²) in [4.78, 5) is 27.5. The third-order valence-corrected chi connectivity index (χ3v) is 5.58. The molecule has 2 rings (SSSR count). The molecule has 5 heteroatoms. The lowest BCUT2D eigenvalue weighted by Crippen LogP contribution is -2.40. The van der Waals surface area contributed by atoms with Crippen LogP contribution in [0.25, 0.3) is 0 Å². The first-order valence-corrected chi connectivity index (χ1v) is 8.20. The molecule has 0 spiro atoms. The van der Waals surface area contributed by atoms with Gasteiger partial charge in [0.2, 0.25) is 11.8 Å². The van der Waals surface area contributed by atoms with E-state index in [-0.39, 0.29) is 17.7 Å². The molecular formula is C14H24N2O2S. The highest BCUT2D eigenvalue weighted by atomic mass is 32.2. The van der Waals surface area contributed by atoms with E-state index < -0.39 is 0 Å². The molecule has 2 aliphatic rings. The second-order valence-electron chi connectivity index (χ2n) is 5.67. The Balaban J connectivity index is 1.88. The van der Waals surface area contributed by atoms with E-state index in [9.17, 15) is 9.59 Å². The van der Waals surface area contributed by atoms with Gasteiger partial charge in [0.1, 0.15) is 0 Å². The van der Waals surface area contributed by atoms with Crippen molar-refractivity contribution in [3.8, 4) is 0 Å². The minimum absolute atomic E-state index is 0.0950. The van der Waals surface area contributed by atoms with Gasteiger partial charge in [-0.05, 0) is 25.0 Å². The van der Waals surface area contributed by atoms with Gasteiger partial charge in [-0.25, -0.2) is 0 Å². The third-order valence-electron chi connectivity index (χ3n) is 4.34. The predicted molar refractivity (Wildman–Crippen MR) is 78.1 cm³/mol. The van der Waals surface area contributed by atoms with Crippen molar-refractivity contribution in [3.63, 3.8) is 0 Å². The van der Waals surface area contributed by atoms with Crippen molar-refractivity contribution >= 4 is 23.6 Å². The highest BCUT2D eigenvalue weighted by Crippen LogP contribution is 2.33. The molecule has 0 unspecified atom stereocenters. The lowest BCUT2D eigenvalue weighted by atomic mass is 10.1. The van der Waals surface area contributed by atoms with E-state index in [1.165, 1.54) is 6.42 Å². The minimum Gasteiger partial charge on any atom is -0.345 e. The van der Waals surface area contributed by atoms with E-state index in [1.54, 1.807) is 11.9 Å². The highest BCUT2D eigenvalue weighted by molar-refractivity contribution is 7.99. The summed E-state index contributed by atoms with van der Waals surface area (Å²) in [6.07, 6.45) is 3.82. The van der Waals surface area contributed by atoms with Crippen LogP contribution in [0.2, 0.25) is 0 Å². The van der Waals surface area contributed by atoms with E-state index in [2.05, 4.69) is 6.92 Å². The van der Waals surface area contributed by atoms with Crippen LogP contribution in [0.3, 0.4) is 0 Å². The van der Waals surface area contributed by atoms with Gasteiger partial charge in [0.15, 0.2) is 0 Å². The molecule has 4 nitrogen and oxygen atoms in total. The lowest BCUT2D eigenvalue weighted by Gasteiger charge is -2.27. The zero-order valence-electron chi connectivity index (χ0n) is 12.1. The third kappa shape index (κ3) is 3.25. The molecule has 2 fully saturated rings. The van der Waals surface area contributed by atoms with Gasteiger partial charge in [-0.2, -0.15) is 11.8 Å². The van der Waals surface area contributed by atoms with E-state index in [1.807, 2.05) is 23.7 Å². The first-order chi connectivity index (χ1) is 9.02. The van der Waals surface area contributed by atoms with Crippen LogP contribution < -0.4 is 0 Å². The molecule has 108 valence electrons. The second kappa shape index (κ2) is 6.16. The maximum absolute atomic E-state index is 12.4. The molecule has 0 radical (unpaired) electrons. The standard InChI is InChI=1S/C14H24N2O2S/c1-4-19-12-6-5-11(8-12)16(3)14(18)10-7-13(17)15(2)9-10/h10-12H,4-9H2,1-3H3/t10-,11-,12-/m1/s1. The smallest absolute Gasteiger partial charge is 0.227 e. The average Bonchev–Trinajstić information content (AvgIpc) is 2.96. The van der Waals surface area contributed by atoms with Gasteiger partial charge in [0.05, 0.1) is 5.92 Å². The van der Waals surface area contributed by atoms with Gasteiger partial charge in [-0.1, -0.05) is 6.92 Å². The van der Waals surface area contributed by atoms with E-state index in [0.29, 0.717) is 24.3 Å². The van der Waals surface area contributed by atoms with Crippen molar-refractivity contribution in [1.82, 2.24) is 9.80 Å². The summed E-state index contributed by atoms with van der Waals surface area (Å²) >= 11 is 2.00. The largest absolute Gasteiger partial charge is 0.345 e. The zero-order chi connectivity index (χ0) is 14.0. The second-order valence-corrected chi connectivity index (χ2v) is 7.25. The topological polar surface area (TPSA) is 40.6 Å². The molecule has 0 aromatic carbocycles. The van der Waals surface area contributed by atoms with Gasteiger partial charge < -0.3 is 9.80 Å². The van der Waals surface area contributed by atoms with E-state index in [0.717, 1.165) is 18.6 Å². The summed E-state index contributed by atoms with van der Waals surface area (Å²) in [6, 6.07) is 0.373. The van der Waals surface area contributed by atoms with Crippen LogP contribution >= 0.6 is 11.8 Å². The Kier molecular flexibility index (Phi) is 4.76. The number of hydrogen-bond acceptors (Lipinski definition) is 3. The van der Waals surface area contributed by atoms with Gasteiger partial charge in [0, 0.05) is 38.4 Å². The SMILES string of the molecule is CCS[C@@H]1CC[C@@H](N(C)C(=O)[C@@H]2CC(=O)N(C)C2)C1. The van der Waals surface area contributed by atoms with Crippen LogP contribution in [0.15, 0.2) is 0 Å². The first-order valence-electron chi connectivity index (χ1n) is 7.15. The number of carbonyl (C=O) groups is 2. The predicted octanol–water partition coefficient (Wildman–Crippen LogP) is 1.60. The molecule has 0 N–H and O–H groups in total. The number of rotatable bonds is 4. The molecule has 19 heavy (non-hydrogen) atoms. The average molecular weight is 284 g/mol. The number of amides is 2. The van der Waals surface area contributed by atoms with Crippen molar-refractivity contribution in [1.29, 1.82) is 0 Å². The number of likely N-dealkylation sites (tertiary alicyclic amines) is 1. The number of hydrogen-bond donors (Lipinski definition) is 0. The molecule has 1 aliphatic heterocycles. The van der Waals surface area contributed by atoms with E-state index >= 15 is 0 Å². The Morgan fingerprint density at radius 3 is 2.79 bits per heavy atom. The van der Waals surface area contributed by atoms with Gasteiger partial charge >= 0.3 is 0 Å². The normalized spacial score (nSPS) is 31.0. The van der Waals surface area contributed by atoms with Crippen molar-refractivity contribution < 1.29 is 9.59 Å². The van der Waals surface area contributed by atoms with E-state index in [4.69, 9.17) is 0 Å². The molecule has 3 atom stereocenters. The summed E-state index contributed by atoms with van der Waals surface area (Å²) in [5.74, 6) is 1.28. The summed E-state index contributed by atoms with van der Waals surface area (Å²) < 4.78 is 0. The van der Waals surface area contributed by atoms with Crippen molar-refractivity contribution in [2.45, 2.75) is 43.9 Å². The summed E-state index contributed by atoms with van der Waals surface area (Å²) in [6.45, 7) is 2.77. The fourth-order valence-electron chi connectivity index (χ4n) is 3.15. The van der Waals surface area contributed by atoms with Crippen LogP contribution in [0.4, 0.5) is 0 Å². The van der Waals surface area contributed by atoms with Gasteiger partial charge in [-0.15, -0.1) is 0 Å². The Hall–Kier alpha value is -0.710. The van der Waals surface area contributed by atoms with Crippen LogP contribution in [-0.4, -0.2) is 59.3 Å². The Morgan fingerprint density at radius 1 is 1.47 bits per heavy atom. The van der Waals surface area contributed by atoms with Crippen LogP contribution in [0, 0.1) is 5.92 Å². The summed E-state index contributed by atoms with van der Waals surface area (Å²) in [7, 11) is 3.69. The number of carbonyl (C=O) groups excluding carboxylic acids is 2. The van der Waals surface area contributed by atoms with Gasteiger partial charge in [-0.3, -0.25) is 9.59 Å². The summed E-state index contributed by atoms with van der Waals surface area (Å²) in [5.41, 5.74) is 0. The maximum atomic E-state index is 12.4. The molecular weight excluding hydrogens is 260 g/mol. The van der Waals surface area contributed by atoms with Crippen LogP contribution in [0.5, 0.6) is 0 Å². The molecule has 1 saturated heterocycles. The van der Waals surface area contributed by atoms with Gasteiger partial charge in [0.25, 0.3) is 0 Å². The molecule has 1 heterocycles. The fraction of sp³-hybridized carbons (Fsp3) is 0.857. The molecule has 2 amide bonds. The number of thioether (sulfide) groups is 1. The number of nitrogens with zero attached hydrogens (tertiary/aromatic N) is 2. The first kappa shape index (κ1) is 14.7. The van der Waals surface area contributed by atoms with Crippen LogP contribution in [0.1, 0.15) is 32.6 Å². The van der Waals surface area contributed by atoms with Crippen LogP contribution in [-0.2, 0) is 9.59 Å². The Bertz CT molecular complexity index is 361. The molecule has 0 bridgehead atoms. The molecule has 0 aromatic heterocycles. The quantitative estimate of drug-likeness (QED) is 0.787. The summed E-state index contributed by atoms with van der Waals surface area (Å²) in [5, 5.41) is 0.707. The highest BCUT2D eigenvalue weighted by Gasteiger charge is 2.37. The van der Waals surface area contributed by atoms with Crippen molar-refractivity contribution in [2.24, 2.45) is 5.92 Å². The maximum Gasteiger partial charge on any atom is 0.227 e. The Labute approximate surface area is 119 Å². The van der Waals surface area contributed by atoms with Crippen molar-refractivity contribution in [3.05, 3.63) is 0 Å².